The third kappa shape index (κ3) is 0.787. The Morgan fingerprint density at radius 2 is 1.67 bits per heavy atom. The van der Waals surface area contributed by atoms with E-state index < -0.39 is 0 Å². The van der Waals surface area contributed by atoms with Crippen LogP contribution in [0, 0.1) is 5.41 Å². The summed E-state index contributed by atoms with van der Waals surface area (Å²) >= 11 is 0. The molecule has 1 nitrogen and oxygen atoms in total. The van der Waals surface area contributed by atoms with Crippen LogP contribution in [0.25, 0.3) is 0 Å². The Morgan fingerprint density at radius 1 is 1.11 bits per heavy atom. The van der Waals surface area contributed by atoms with E-state index in [9.17, 15) is 0 Å². The molecule has 0 radical (unpaired) electrons. The molecule has 2 rings (SSSR count). The van der Waals surface area contributed by atoms with Gasteiger partial charge in [0, 0.05) is 6.04 Å². The fraction of sp³-hybridized carbons (Fsp3) is 1.00. The summed E-state index contributed by atoms with van der Waals surface area (Å²) in [5, 5.41) is 0. The third-order valence-corrected chi connectivity index (χ3v) is 3.10. The van der Waals surface area contributed by atoms with Crippen molar-refractivity contribution >= 4 is 0 Å². The Morgan fingerprint density at radius 3 is 2.00 bits per heavy atom. The van der Waals surface area contributed by atoms with Crippen LogP contribution in [0.15, 0.2) is 0 Å². The number of nitrogens with two attached hydrogens (primary N) is 1. The first-order valence-electron chi connectivity index (χ1n) is 4.09. The maximum atomic E-state index is 5.83. The maximum absolute atomic E-state index is 5.83. The molecule has 1 heteroatoms. The van der Waals surface area contributed by atoms with Crippen LogP contribution in [0.1, 0.15) is 38.5 Å². The molecule has 9 heavy (non-hydrogen) atoms. The first kappa shape index (κ1) is 5.72. The average Bonchev–Trinajstić information content (AvgIpc) is 2.44. The summed E-state index contributed by atoms with van der Waals surface area (Å²) in [6.45, 7) is 0. The van der Waals surface area contributed by atoms with Crippen molar-refractivity contribution in [2.45, 2.75) is 44.6 Å². The van der Waals surface area contributed by atoms with Crippen molar-refractivity contribution in [2.24, 2.45) is 11.1 Å². The molecule has 0 aromatic heterocycles. The summed E-state index contributed by atoms with van der Waals surface area (Å²) in [6, 6.07) is 0.581. The summed E-state index contributed by atoms with van der Waals surface area (Å²) in [6.07, 6.45) is 8.51. The minimum Gasteiger partial charge on any atom is -0.327 e. The van der Waals surface area contributed by atoms with Gasteiger partial charge in [-0.25, -0.2) is 0 Å². The van der Waals surface area contributed by atoms with E-state index in [0.717, 1.165) is 0 Å². The predicted octanol–water partition coefficient (Wildman–Crippen LogP) is 1.67. The monoisotopic (exact) mass is 125 g/mol. The Hall–Kier alpha value is -0.0400. The molecule has 2 fully saturated rings. The molecule has 1 unspecified atom stereocenters. The molecule has 0 amide bonds. The average molecular weight is 125 g/mol. The minimum absolute atomic E-state index is 0.581. The van der Waals surface area contributed by atoms with Gasteiger partial charge < -0.3 is 5.73 Å². The van der Waals surface area contributed by atoms with Crippen LogP contribution in [0.2, 0.25) is 0 Å². The van der Waals surface area contributed by atoms with E-state index >= 15 is 0 Å². The molecular weight excluding hydrogens is 110 g/mol. The molecule has 0 aliphatic heterocycles. The highest BCUT2D eigenvalue weighted by Crippen LogP contribution is 2.54. The lowest BCUT2D eigenvalue weighted by Crippen LogP contribution is -2.16. The van der Waals surface area contributed by atoms with E-state index in [-0.39, 0.29) is 0 Å². The van der Waals surface area contributed by atoms with E-state index in [1.54, 1.807) is 0 Å². The molecule has 0 bridgehead atoms. The largest absolute Gasteiger partial charge is 0.327 e. The second-order valence-corrected chi connectivity index (χ2v) is 3.73. The molecule has 2 saturated carbocycles. The molecule has 0 heterocycles. The van der Waals surface area contributed by atoms with E-state index in [2.05, 4.69) is 0 Å². The van der Waals surface area contributed by atoms with Crippen LogP contribution in [-0.2, 0) is 0 Å². The molecule has 2 N–H and O–H groups in total. The lowest BCUT2D eigenvalue weighted by molar-refractivity contribution is 0.326. The van der Waals surface area contributed by atoms with Crippen molar-refractivity contribution in [2.75, 3.05) is 0 Å². The second-order valence-electron chi connectivity index (χ2n) is 3.73. The Balaban J connectivity index is 1.97. The first-order valence-corrected chi connectivity index (χ1v) is 4.09. The van der Waals surface area contributed by atoms with Gasteiger partial charge in [-0.15, -0.1) is 0 Å². The van der Waals surface area contributed by atoms with Gasteiger partial charge in [0.2, 0.25) is 0 Å². The van der Waals surface area contributed by atoms with Gasteiger partial charge in [-0.2, -0.15) is 0 Å². The topological polar surface area (TPSA) is 26.0 Å². The second kappa shape index (κ2) is 1.72. The van der Waals surface area contributed by atoms with Crippen LogP contribution in [0.4, 0.5) is 0 Å². The zero-order valence-electron chi connectivity index (χ0n) is 5.90. The van der Waals surface area contributed by atoms with E-state index in [1.807, 2.05) is 0 Å². The highest BCUT2D eigenvalue weighted by Gasteiger charge is 2.51. The van der Waals surface area contributed by atoms with Crippen LogP contribution < -0.4 is 5.73 Å². The quantitative estimate of drug-likeness (QED) is 0.523. The molecule has 52 valence electrons. The third-order valence-electron chi connectivity index (χ3n) is 3.10. The number of hydrogen-bond donors (Lipinski definition) is 1. The lowest BCUT2D eigenvalue weighted by Gasteiger charge is -2.20. The Bertz CT molecular complexity index is 114. The predicted molar refractivity (Wildman–Crippen MR) is 38.1 cm³/mol. The Labute approximate surface area is 56.6 Å². The first-order chi connectivity index (χ1) is 4.33. The van der Waals surface area contributed by atoms with Crippen molar-refractivity contribution in [1.29, 1.82) is 0 Å². The smallest absolute Gasteiger partial charge is 0.0102 e. The van der Waals surface area contributed by atoms with Crippen LogP contribution >= 0.6 is 0 Å². The van der Waals surface area contributed by atoms with E-state index in [0.29, 0.717) is 11.5 Å². The Kier molecular flexibility index (Phi) is 1.10. The molecule has 0 saturated heterocycles. The highest BCUT2D eigenvalue weighted by molar-refractivity contribution is 5.06. The van der Waals surface area contributed by atoms with Gasteiger partial charge in [0.1, 0.15) is 0 Å². The van der Waals surface area contributed by atoms with Crippen molar-refractivity contribution in [3.8, 4) is 0 Å². The van der Waals surface area contributed by atoms with Crippen LogP contribution in [0.5, 0.6) is 0 Å². The SMILES string of the molecule is NC1CC12CCCCC2. The lowest BCUT2D eigenvalue weighted by atomic mass is 9.86. The molecule has 1 atom stereocenters. The van der Waals surface area contributed by atoms with Crippen molar-refractivity contribution in [3.05, 3.63) is 0 Å². The van der Waals surface area contributed by atoms with Gasteiger partial charge >= 0.3 is 0 Å². The standard InChI is InChI=1S/C8H15N/c9-7-6-8(7)4-2-1-3-5-8/h7H,1-6,9H2. The highest BCUT2D eigenvalue weighted by atomic mass is 14.8. The maximum Gasteiger partial charge on any atom is 0.0102 e. The molecule has 0 aromatic carbocycles. The molecule has 1 spiro atoms. The zero-order chi connectivity index (χ0) is 6.32. The van der Waals surface area contributed by atoms with Crippen molar-refractivity contribution in [1.82, 2.24) is 0 Å². The van der Waals surface area contributed by atoms with Crippen molar-refractivity contribution in [3.63, 3.8) is 0 Å². The summed E-state index contributed by atoms with van der Waals surface area (Å²) in [5.41, 5.74) is 6.50. The molecule has 2 aliphatic rings. The van der Waals surface area contributed by atoms with Gasteiger partial charge in [-0.1, -0.05) is 19.3 Å². The van der Waals surface area contributed by atoms with E-state index in [4.69, 9.17) is 5.73 Å². The fourth-order valence-electron chi connectivity index (χ4n) is 2.21. The molecule has 0 aromatic rings. The van der Waals surface area contributed by atoms with Gasteiger partial charge in [-0.05, 0) is 24.7 Å². The normalized spacial score (nSPS) is 39.0. The van der Waals surface area contributed by atoms with Gasteiger partial charge in [0.25, 0.3) is 0 Å². The fourth-order valence-corrected chi connectivity index (χ4v) is 2.21. The summed E-state index contributed by atoms with van der Waals surface area (Å²) in [4.78, 5) is 0. The molecule has 2 aliphatic carbocycles. The van der Waals surface area contributed by atoms with Crippen LogP contribution in [0.3, 0.4) is 0 Å². The summed E-state index contributed by atoms with van der Waals surface area (Å²) < 4.78 is 0. The van der Waals surface area contributed by atoms with Crippen molar-refractivity contribution < 1.29 is 0 Å². The summed E-state index contributed by atoms with van der Waals surface area (Å²) in [5.74, 6) is 0. The van der Waals surface area contributed by atoms with Crippen LogP contribution in [-0.4, -0.2) is 6.04 Å². The molecular formula is C8H15N. The summed E-state index contributed by atoms with van der Waals surface area (Å²) in [7, 11) is 0. The van der Waals surface area contributed by atoms with Gasteiger partial charge in [0.05, 0.1) is 0 Å². The minimum atomic E-state index is 0.581. The van der Waals surface area contributed by atoms with Gasteiger partial charge in [0.15, 0.2) is 0 Å². The van der Waals surface area contributed by atoms with Gasteiger partial charge in [-0.3, -0.25) is 0 Å². The zero-order valence-corrected chi connectivity index (χ0v) is 5.90. The number of hydrogen-bond acceptors (Lipinski definition) is 1. The number of rotatable bonds is 0. The van der Waals surface area contributed by atoms with E-state index in [1.165, 1.54) is 38.5 Å².